The summed E-state index contributed by atoms with van der Waals surface area (Å²) in [6, 6.07) is 13.9. The number of ether oxygens (including phenoxy) is 1. The fourth-order valence-electron chi connectivity index (χ4n) is 4.97. The molecular weight excluding hydrogens is 416 g/mol. The van der Waals surface area contributed by atoms with Crippen LogP contribution in [0.3, 0.4) is 0 Å². The summed E-state index contributed by atoms with van der Waals surface area (Å²) in [4.78, 5) is 34.0. The van der Waals surface area contributed by atoms with Gasteiger partial charge in [-0.3, -0.25) is 14.7 Å². The molecule has 7 heteroatoms. The Labute approximate surface area is 194 Å². The maximum atomic E-state index is 12.7. The summed E-state index contributed by atoms with van der Waals surface area (Å²) in [5, 5.41) is 0. The molecule has 2 aromatic rings. The van der Waals surface area contributed by atoms with Gasteiger partial charge in [0, 0.05) is 25.2 Å². The largest absolute Gasteiger partial charge is 0.450 e. The predicted molar refractivity (Wildman–Crippen MR) is 128 cm³/mol. The number of benzene rings is 2. The molecule has 0 aromatic heterocycles. The summed E-state index contributed by atoms with van der Waals surface area (Å²) in [5.74, 6) is 0.104. The Morgan fingerprint density at radius 2 is 1.76 bits per heavy atom. The lowest BCUT2D eigenvalue weighted by Gasteiger charge is -2.30. The van der Waals surface area contributed by atoms with E-state index in [0.717, 1.165) is 72.4 Å². The van der Waals surface area contributed by atoms with Crippen molar-refractivity contribution in [3.8, 4) is 11.1 Å². The summed E-state index contributed by atoms with van der Waals surface area (Å²) >= 11 is 0. The molecule has 1 saturated heterocycles. The second-order valence-electron chi connectivity index (χ2n) is 9.00. The molecule has 2 N–H and O–H groups in total. The van der Waals surface area contributed by atoms with E-state index in [1.54, 1.807) is 4.90 Å². The van der Waals surface area contributed by atoms with E-state index in [2.05, 4.69) is 0 Å². The average molecular weight is 447 g/mol. The van der Waals surface area contributed by atoms with E-state index in [9.17, 15) is 9.59 Å². The van der Waals surface area contributed by atoms with Crippen LogP contribution in [0.4, 0.5) is 10.5 Å². The molecular formula is C26H30N4O3. The van der Waals surface area contributed by atoms with Gasteiger partial charge in [0.2, 0.25) is 0 Å². The van der Waals surface area contributed by atoms with Crippen LogP contribution in [0, 0.1) is 0 Å². The molecule has 172 valence electrons. The lowest BCUT2D eigenvalue weighted by Crippen LogP contribution is -2.48. The maximum absolute atomic E-state index is 12.7. The highest BCUT2D eigenvalue weighted by Gasteiger charge is 2.55. The van der Waals surface area contributed by atoms with Gasteiger partial charge < -0.3 is 15.4 Å². The van der Waals surface area contributed by atoms with Gasteiger partial charge in [-0.05, 0) is 67.5 Å². The van der Waals surface area contributed by atoms with Crippen molar-refractivity contribution in [3.63, 3.8) is 0 Å². The van der Waals surface area contributed by atoms with E-state index in [1.807, 2.05) is 54.3 Å². The highest BCUT2D eigenvalue weighted by atomic mass is 16.6. The Bertz CT molecular complexity index is 1100. The fraction of sp³-hybridized carbons (Fsp3) is 0.423. The Morgan fingerprint density at radius 3 is 2.39 bits per heavy atom. The molecule has 2 aromatic carbocycles. The first kappa shape index (κ1) is 21.6. The minimum absolute atomic E-state index is 0.104. The van der Waals surface area contributed by atoms with Gasteiger partial charge >= 0.3 is 6.09 Å². The molecule has 33 heavy (non-hydrogen) atoms. The molecule has 1 spiro atoms. The monoisotopic (exact) mass is 446 g/mol. The van der Waals surface area contributed by atoms with Crippen LogP contribution >= 0.6 is 0 Å². The molecule has 2 aliphatic heterocycles. The first-order valence-electron chi connectivity index (χ1n) is 11.8. The smallest absolute Gasteiger partial charge is 0.410 e. The predicted octanol–water partition coefficient (Wildman–Crippen LogP) is 4.13. The van der Waals surface area contributed by atoms with E-state index >= 15 is 0 Å². The molecule has 2 fully saturated rings. The number of likely N-dealkylation sites (tertiary alicyclic amines) is 1. The van der Waals surface area contributed by atoms with Gasteiger partial charge in [0.25, 0.3) is 5.91 Å². The van der Waals surface area contributed by atoms with E-state index in [0.29, 0.717) is 19.7 Å². The summed E-state index contributed by atoms with van der Waals surface area (Å²) in [6.45, 7) is 4.59. The first-order chi connectivity index (χ1) is 16.1. The van der Waals surface area contributed by atoms with Gasteiger partial charge in [-0.2, -0.15) is 0 Å². The van der Waals surface area contributed by atoms with Crippen LogP contribution < -0.4 is 5.73 Å². The van der Waals surface area contributed by atoms with Crippen molar-refractivity contribution in [2.24, 2.45) is 10.7 Å². The van der Waals surface area contributed by atoms with Crippen LogP contribution in [-0.2, 0) is 11.3 Å². The van der Waals surface area contributed by atoms with Crippen molar-refractivity contribution in [3.05, 3.63) is 53.6 Å². The number of rotatable bonds is 4. The van der Waals surface area contributed by atoms with E-state index in [4.69, 9.17) is 15.5 Å². The van der Waals surface area contributed by atoms with Crippen molar-refractivity contribution in [2.45, 2.75) is 44.7 Å². The molecule has 1 aliphatic carbocycles. The Balaban J connectivity index is 1.44. The Morgan fingerprint density at radius 1 is 1.06 bits per heavy atom. The number of carbonyl (C=O) groups excluding carboxylic acids is 2. The third-order valence-electron chi connectivity index (χ3n) is 6.99. The number of nitrogens with zero attached hydrogens (tertiary/aromatic N) is 3. The van der Waals surface area contributed by atoms with Gasteiger partial charge in [0.05, 0.1) is 30.1 Å². The zero-order valence-corrected chi connectivity index (χ0v) is 19.0. The second-order valence-corrected chi connectivity index (χ2v) is 9.00. The lowest BCUT2D eigenvalue weighted by molar-refractivity contribution is 0.0792. The van der Waals surface area contributed by atoms with Crippen molar-refractivity contribution in [1.29, 1.82) is 0 Å². The Kier molecular flexibility index (Phi) is 5.66. The summed E-state index contributed by atoms with van der Waals surface area (Å²) in [7, 11) is 0. The molecule has 0 atom stereocenters. The van der Waals surface area contributed by atoms with Gasteiger partial charge in [-0.1, -0.05) is 24.3 Å². The van der Waals surface area contributed by atoms with E-state index in [1.165, 1.54) is 0 Å². The molecule has 3 aliphatic rings. The second kappa shape index (κ2) is 8.63. The van der Waals surface area contributed by atoms with Crippen LogP contribution in [0.5, 0.6) is 0 Å². The standard InChI is InChI=1S/C26H30N4O3/c1-2-33-25(32)30-17-21-10-9-20(15-22(21)28-23(16-27)26(30)11-12-26)18-5-7-19(8-6-18)24(31)29-13-3-4-14-29/h5-10,15H,2-4,11-14,16-17,27H2,1H3. The highest BCUT2D eigenvalue weighted by molar-refractivity contribution is 6.02. The number of aliphatic imine (C=N–C) groups is 1. The van der Waals surface area contributed by atoms with Crippen LogP contribution in [0.2, 0.25) is 0 Å². The van der Waals surface area contributed by atoms with E-state index in [-0.39, 0.29) is 12.0 Å². The minimum Gasteiger partial charge on any atom is -0.450 e. The van der Waals surface area contributed by atoms with Crippen molar-refractivity contribution in [1.82, 2.24) is 9.80 Å². The number of nitrogens with two attached hydrogens (primary N) is 1. The third kappa shape index (κ3) is 3.91. The van der Waals surface area contributed by atoms with Gasteiger partial charge in [0.15, 0.2) is 0 Å². The van der Waals surface area contributed by atoms with Crippen molar-refractivity contribution in [2.75, 3.05) is 26.2 Å². The quantitative estimate of drug-likeness (QED) is 0.765. The SMILES string of the molecule is CCOC(=O)N1Cc2ccc(-c3ccc(C(=O)N4CCCC4)cc3)cc2N=C(CN)C12CC2. The molecule has 5 rings (SSSR count). The molecule has 1 saturated carbocycles. The number of hydrogen-bond acceptors (Lipinski definition) is 5. The van der Waals surface area contributed by atoms with Crippen molar-refractivity contribution >= 4 is 23.4 Å². The molecule has 0 unspecified atom stereocenters. The topological polar surface area (TPSA) is 88.2 Å². The Hall–Kier alpha value is -3.19. The molecule has 2 heterocycles. The number of hydrogen-bond donors (Lipinski definition) is 1. The van der Waals surface area contributed by atoms with Crippen LogP contribution in [0.15, 0.2) is 47.5 Å². The number of carbonyl (C=O) groups is 2. The number of amides is 2. The third-order valence-corrected chi connectivity index (χ3v) is 6.99. The minimum atomic E-state index is -0.419. The zero-order valence-electron chi connectivity index (χ0n) is 19.0. The average Bonchev–Trinajstić information content (AvgIpc) is 3.48. The van der Waals surface area contributed by atoms with Gasteiger partial charge in [-0.15, -0.1) is 0 Å². The maximum Gasteiger partial charge on any atom is 0.410 e. The molecule has 2 amide bonds. The van der Waals surface area contributed by atoms with Crippen LogP contribution in [-0.4, -0.2) is 59.3 Å². The summed E-state index contributed by atoms with van der Waals surface area (Å²) < 4.78 is 5.34. The number of fused-ring (bicyclic) bond motifs is 1. The van der Waals surface area contributed by atoms with Gasteiger partial charge in [-0.25, -0.2) is 4.79 Å². The van der Waals surface area contributed by atoms with Crippen molar-refractivity contribution < 1.29 is 14.3 Å². The lowest BCUT2D eigenvalue weighted by atomic mass is 10.0. The molecule has 0 radical (unpaired) electrons. The van der Waals surface area contributed by atoms with Crippen LogP contribution in [0.25, 0.3) is 11.1 Å². The molecule has 0 bridgehead atoms. The van der Waals surface area contributed by atoms with Crippen LogP contribution in [0.1, 0.15) is 48.5 Å². The van der Waals surface area contributed by atoms with E-state index < -0.39 is 5.54 Å². The van der Waals surface area contributed by atoms with Gasteiger partial charge in [0.1, 0.15) is 0 Å². The normalized spacial score (nSPS) is 18.5. The summed E-state index contributed by atoms with van der Waals surface area (Å²) in [5.41, 5.74) is 11.1. The summed E-state index contributed by atoms with van der Waals surface area (Å²) in [6.07, 6.45) is 3.56. The zero-order chi connectivity index (χ0) is 23.0. The molecule has 7 nitrogen and oxygen atoms in total. The fourth-order valence-corrected chi connectivity index (χ4v) is 4.97. The first-order valence-corrected chi connectivity index (χ1v) is 11.8. The highest BCUT2D eigenvalue weighted by Crippen LogP contribution is 2.47.